The van der Waals surface area contributed by atoms with E-state index in [0.29, 0.717) is 6.54 Å². The lowest BCUT2D eigenvalue weighted by Crippen LogP contribution is -2.46. The zero-order valence-corrected chi connectivity index (χ0v) is 11.9. The molecular weight excluding hydrogens is 272 g/mol. The molecule has 1 fully saturated rings. The maximum Gasteiger partial charge on any atom is 0.329 e. The number of hydrogen-bond acceptors (Lipinski definition) is 7. The summed E-state index contributed by atoms with van der Waals surface area (Å²) in [5, 5.41) is 23.5. The Balaban J connectivity index is 2.09. The van der Waals surface area contributed by atoms with E-state index in [-0.39, 0.29) is 17.1 Å². The van der Waals surface area contributed by atoms with E-state index in [1.807, 2.05) is 6.07 Å². The van der Waals surface area contributed by atoms with Gasteiger partial charge in [-0.3, -0.25) is 15.0 Å². The molecule has 1 N–H and O–H groups in total. The molecule has 0 aliphatic carbocycles. The summed E-state index contributed by atoms with van der Waals surface area (Å²) >= 11 is 0. The second kappa shape index (κ2) is 6.97. The van der Waals surface area contributed by atoms with E-state index < -0.39 is 4.92 Å². The van der Waals surface area contributed by atoms with Crippen molar-refractivity contribution in [2.24, 2.45) is 0 Å². The van der Waals surface area contributed by atoms with Crippen molar-refractivity contribution in [3.8, 4) is 6.07 Å². The molecule has 2 rings (SSSR count). The molecule has 1 aliphatic heterocycles. The summed E-state index contributed by atoms with van der Waals surface area (Å²) in [6, 6.07) is 3.22. The van der Waals surface area contributed by atoms with Gasteiger partial charge < -0.3 is 10.2 Å². The Labute approximate surface area is 123 Å². The number of nitrogens with one attached hydrogen (secondary N) is 1. The molecule has 21 heavy (non-hydrogen) atoms. The third-order valence-corrected chi connectivity index (χ3v) is 3.53. The van der Waals surface area contributed by atoms with Crippen molar-refractivity contribution in [1.29, 1.82) is 5.26 Å². The minimum atomic E-state index is -0.539. The average molecular weight is 290 g/mol. The molecule has 1 aromatic heterocycles. The van der Waals surface area contributed by atoms with Gasteiger partial charge >= 0.3 is 5.69 Å². The average Bonchev–Trinajstić information content (AvgIpc) is 2.52. The van der Waals surface area contributed by atoms with E-state index in [1.165, 1.54) is 12.3 Å². The summed E-state index contributed by atoms with van der Waals surface area (Å²) in [6.45, 7) is 5.32. The number of pyridine rings is 1. The van der Waals surface area contributed by atoms with Crippen LogP contribution in [0.1, 0.15) is 5.56 Å². The number of piperazine rings is 1. The van der Waals surface area contributed by atoms with Crippen LogP contribution in [-0.2, 0) is 0 Å². The van der Waals surface area contributed by atoms with Crippen molar-refractivity contribution in [1.82, 2.24) is 15.2 Å². The molecule has 2 heterocycles. The van der Waals surface area contributed by atoms with Crippen LogP contribution >= 0.6 is 0 Å². The summed E-state index contributed by atoms with van der Waals surface area (Å²) in [4.78, 5) is 18.8. The number of nitrogens with zero attached hydrogens (tertiary/aromatic N) is 5. The first-order chi connectivity index (χ1) is 10.1. The summed E-state index contributed by atoms with van der Waals surface area (Å²) in [6.07, 6.45) is 1.43. The van der Waals surface area contributed by atoms with Gasteiger partial charge in [0.25, 0.3) is 0 Å². The van der Waals surface area contributed by atoms with Gasteiger partial charge in [-0.2, -0.15) is 5.26 Å². The van der Waals surface area contributed by atoms with Gasteiger partial charge in [-0.1, -0.05) is 0 Å². The minimum Gasteiger partial charge on any atom is -0.353 e. The van der Waals surface area contributed by atoms with Gasteiger partial charge in [-0.25, -0.2) is 4.98 Å². The first-order valence-corrected chi connectivity index (χ1v) is 6.81. The summed E-state index contributed by atoms with van der Waals surface area (Å²) in [5.74, 6) is 0.245. The van der Waals surface area contributed by atoms with Crippen LogP contribution in [0.5, 0.6) is 0 Å². The molecule has 0 saturated carbocycles. The predicted molar refractivity (Wildman–Crippen MR) is 78.2 cm³/mol. The summed E-state index contributed by atoms with van der Waals surface area (Å²) in [5.41, 5.74) is -0.179. The molecule has 1 saturated heterocycles. The van der Waals surface area contributed by atoms with Gasteiger partial charge in [-0.05, 0) is 6.07 Å². The standard InChI is InChI=1S/C13H18N6O2/c1-17(8-9-18-6-4-15-5-7-18)13-12(19(20)21)11(10-14)2-3-16-13/h2-3,15H,4-9H2,1H3. The first-order valence-electron chi connectivity index (χ1n) is 6.81. The van der Waals surface area contributed by atoms with Gasteiger partial charge in [0.2, 0.25) is 5.82 Å². The Morgan fingerprint density at radius 2 is 2.29 bits per heavy atom. The smallest absolute Gasteiger partial charge is 0.329 e. The summed E-state index contributed by atoms with van der Waals surface area (Å²) in [7, 11) is 1.76. The topological polar surface area (TPSA) is 98.3 Å². The van der Waals surface area contributed by atoms with Crippen LogP contribution in [0.2, 0.25) is 0 Å². The Morgan fingerprint density at radius 1 is 1.57 bits per heavy atom. The van der Waals surface area contributed by atoms with Gasteiger partial charge in [0.05, 0.1) is 4.92 Å². The van der Waals surface area contributed by atoms with Crippen molar-refractivity contribution >= 4 is 11.5 Å². The molecule has 0 radical (unpaired) electrons. The highest BCUT2D eigenvalue weighted by Crippen LogP contribution is 2.28. The van der Waals surface area contributed by atoms with Gasteiger partial charge in [-0.15, -0.1) is 0 Å². The lowest BCUT2D eigenvalue weighted by molar-refractivity contribution is -0.384. The van der Waals surface area contributed by atoms with Crippen molar-refractivity contribution in [2.45, 2.75) is 0 Å². The number of likely N-dealkylation sites (N-methyl/N-ethyl adjacent to an activating group) is 1. The van der Waals surface area contributed by atoms with Gasteiger partial charge in [0.15, 0.2) is 0 Å². The minimum absolute atomic E-state index is 0.0408. The molecular formula is C13H18N6O2. The quantitative estimate of drug-likeness (QED) is 0.611. The van der Waals surface area contributed by atoms with E-state index in [0.717, 1.165) is 32.7 Å². The molecule has 0 amide bonds. The van der Waals surface area contributed by atoms with Crippen LogP contribution in [0.15, 0.2) is 12.3 Å². The van der Waals surface area contributed by atoms with Crippen LogP contribution < -0.4 is 10.2 Å². The monoisotopic (exact) mass is 290 g/mol. The molecule has 0 bridgehead atoms. The molecule has 8 heteroatoms. The number of anilines is 1. The van der Waals surface area contributed by atoms with Crippen LogP contribution in [0.25, 0.3) is 0 Å². The van der Waals surface area contributed by atoms with E-state index in [2.05, 4.69) is 15.2 Å². The zero-order chi connectivity index (χ0) is 15.2. The highest BCUT2D eigenvalue weighted by atomic mass is 16.6. The Kier molecular flexibility index (Phi) is 5.03. The van der Waals surface area contributed by atoms with Crippen LogP contribution in [0.3, 0.4) is 0 Å². The number of rotatable bonds is 5. The van der Waals surface area contributed by atoms with Crippen LogP contribution in [0, 0.1) is 21.4 Å². The number of nitriles is 1. The van der Waals surface area contributed by atoms with Crippen molar-refractivity contribution in [2.75, 3.05) is 51.2 Å². The first kappa shape index (κ1) is 15.2. The largest absolute Gasteiger partial charge is 0.353 e. The number of hydrogen-bond donors (Lipinski definition) is 1. The molecule has 1 aliphatic rings. The fourth-order valence-electron chi connectivity index (χ4n) is 2.32. The second-order valence-corrected chi connectivity index (χ2v) is 4.91. The van der Waals surface area contributed by atoms with E-state index in [4.69, 9.17) is 5.26 Å². The van der Waals surface area contributed by atoms with Gasteiger partial charge in [0.1, 0.15) is 11.6 Å². The predicted octanol–water partition coefficient (Wildman–Crippen LogP) is 0.203. The molecule has 0 spiro atoms. The Hall–Kier alpha value is -2.24. The highest BCUT2D eigenvalue weighted by Gasteiger charge is 2.24. The zero-order valence-electron chi connectivity index (χ0n) is 11.9. The molecule has 112 valence electrons. The molecule has 1 aromatic rings. The molecule has 0 atom stereocenters. The molecule has 0 aromatic carbocycles. The maximum atomic E-state index is 11.2. The molecule has 8 nitrogen and oxygen atoms in total. The van der Waals surface area contributed by atoms with Crippen molar-refractivity contribution in [3.05, 3.63) is 27.9 Å². The Morgan fingerprint density at radius 3 is 2.90 bits per heavy atom. The lowest BCUT2D eigenvalue weighted by atomic mass is 10.2. The lowest BCUT2D eigenvalue weighted by Gasteiger charge is -2.29. The normalized spacial score (nSPS) is 15.4. The maximum absolute atomic E-state index is 11.2. The highest BCUT2D eigenvalue weighted by molar-refractivity contribution is 5.65. The van der Waals surface area contributed by atoms with Gasteiger partial charge in [0, 0.05) is 52.5 Å². The van der Waals surface area contributed by atoms with Crippen LogP contribution in [0.4, 0.5) is 11.5 Å². The third-order valence-electron chi connectivity index (χ3n) is 3.53. The second-order valence-electron chi connectivity index (χ2n) is 4.91. The number of nitro groups is 1. The summed E-state index contributed by atoms with van der Waals surface area (Å²) < 4.78 is 0. The van der Waals surface area contributed by atoms with E-state index in [1.54, 1.807) is 11.9 Å². The fourth-order valence-corrected chi connectivity index (χ4v) is 2.32. The third kappa shape index (κ3) is 3.65. The van der Waals surface area contributed by atoms with Crippen LogP contribution in [-0.4, -0.2) is 61.1 Å². The molecule has 0 unspecified atom stereocenters. The van der Waals surface area contributed by atoms with E-state index >= 15 is 0 Å². The SMILES string of the molecule is CN(CCN1CCNCC1)c1nccc(C#N)c1[N+](=O)[O-]. The Bertz CT molecular complexity index is 550. The fraction of sp³-hybridized carbons (Fsp3) is 0.538. The van der Waals surface area contributed by atoms with Crippen molar-refractivity contribution in [3.63, 3.8) is 0 Å². The van der Waals surface area contributed by atoms with Crippen molar-refractivity contribution < 1.29 is 4.92 Å². The van der Waals surface area contributed by atoms with E-state index in [9.17, 15) is 10.1 Å². The number of aromatic nitrogens is 1.